The summed E-state index contributed by atoms with van der Waals surface area (Å²) >= 11 is 0. The Labute approximate surface area is 156 Å². The van der Waals surface area contributed by atoms with Crippen molar-refractivity contribution in [3.8, 4) is 6.07 Å². The van der Waals surface area contributed by atoms with Crippen LogP contribution in [0.2, 0.25) is 0 Å². The van der Waals surface area contributed by atoms with Gasteiger partial charge in [-0.15, -0.1) is 0 Å². The molecule has 4 heteroatoms. The van der Waals surface area contributed by atoms with Crippen molar-refractivity contribution in [1.29, 1.82) is 5.26 Å². The molecule has 0 bridgehead atoms. The standard InChI is InChI=1S/C22H29NO3/c1-14(24)26-22(13-23)11-8-19-17-5-4-15-12-16(25)6-9-20(15,2)18(17)7-10-21(19,22)3/h12,17-19H,4-11H2,1-3H3/t17-,18-,19+,20+,21+,22?/m1/s1. The van der Waals surface area contributed by atoms with Crippen molar-refractivity contribution in [3.63, 3.8) is 0 Å². The molecule has 0 aromatic heterocycles. The molecule has 0 saturated heterocycles. The van der Waals surface area contributed by atoms with Crippen LogP contribution in [0.5, 0.6) is 0 Å². The van der Waals surface area contributed by atoms with Crippen LogP contribution in [0.4, 0.5) is 0 Å². The minimum Gasteiger partial charge on any atom is -0.443 e. The van der Waals surface area contributed by atoms with Crippen molar-refractivity contribution in [2.45, 2.75) is 77.7 Å². The number of nitriles is 1. The van der Waals surface area contributed by atoms with Crippen LogP contribution >= 0.6 is 0 Å². The maximum absolute atomic E-state index is 11.9. The van der Waals surface area contributed by atoms with Gasteiger partial charge < -0.3 is 4.74 Å². The molecule has 0 N–H and O–H groups in total. The fourth-order valence-electron chi connectivity index (χ4n) is 7.18. The van der Waals surface area contributed by atoms with Gasteiger partial charge in [-0.05, 0) is 67.8 Å². The second kappa shape index (κ2) is 5.68. The first kappa shape index (κ1) is 17.8. The number of ether oxygens (including phenoxy) is 1. The third-order valence-electron chi connectivity index (χ3n) is 8.58. The van der Waals surface area contributed by atoms with E-state index in [1.807, 2.05) is 6.08 Å². The first-order valence-electron chi connectivity index (χ1n) is 10.1. The Kier molecular flexibility index (Phi) is 3.88. The predicted molar refractivity (Wildman–Crippen MR) is 96.8 cm³/mol. The Morgan fingerprint density at radius 3 is 2.58 bits per heavy atom. The zero-order valence-electron chi connectivity index (χ0n) is 16.1. The maximum atomic E-state index is 11.9. The van der Waals surface area contributed by atoms with Gasteiger partial charge in [-0.3, -0.25) is 9.59 Å². The second-order valence-corrected chi connectivity index (χ2v) is 9.50. The Hall–Kier alpha value is -1.63. The van der Waals surface area contributed by atoms with Gasteiger partial charge in [0.25, 0.3) is 0 Å². The van der Waals surface area contributed by atoms with E-state index in [2.05, 4.69) is 19.9 Å². The molecule has 0 amide bonds. The number of rotatable bonds is 1. The van der Waals surface area contributed by atoms with E-state index >= 15 is 0 Å². The van der Waals surface area contributed by atoms with Crippen molar-refractivity contribution in [1.82, 2.24) is 0 Å². The number of allylic oxidation sites excluding steroid dienone is 1. The summed E-state index contributed by atoms with van der Waals surface area (Å²) in [4.78, 5) is 23.6. The third kappa shape index (κ3) is 2.19. The van der Waals surface area contributed by atoms with Crippen LogP contribution in [-0.4, -0.2) is 17.4 Å². The maximum Gasteiger partial charge on any atom is 0.304 e. The topological polar surface area (TPSA) is 67.2 Å². The monoisotopic (exact) mass is 355 g/mol. The zero-order chi connectivity index (χ0) is 18.7. The SMILES string of the molecule is CC(=O)OC1(C#N)CC[C@H]2[C@@H]3CCC4=CC(=O)CC[C@]4(C)[C@@H]3CC[C@@]21C. The lowest BCUT2D eigenvalue weighted by molar-refractivity contribution is -0.169. The highest BCUT2D eigenvalue weighted by molar-refractivity contribution is 5.91. The van der Waals surface area contributed by atoms with Gasteiger partial charge in [0, 0.05) is 25.2 Å². The summed E-state index contributed by atoms with van der Waals surface area (Å²) in [6, 6.07) is 2.42. The second-order valence-electron chi connectivity index (χ2n) is 9.50. The van der Waals surface area contributed by atoms with Crippen molar-refractivity contribution < 1.29 is 14.3 Å². The van der Waals surface area contributed by atoms with E-state index in [-0.39, 0.29) is 22.6 Å². The van der Waals surface area contributed by atoms with Crippen molar-refractivity contribution in [2.75, 3.05) is 0 Å². The van der Waals surface area contributed by atoms with E-state index in [0.717, 1.165) is 38.5 Å². The number of nitrogens with zero attached hydrogens (tertiary/aromatic N) is 1. The molecule has 4 aliphatic rings. The van der Waals surface area contributed by atoms with Crippen LogP contribution in [-0.2, 0) is 14.3 Å². The normalized spacial score (nSPS) is 47.1. The molecule has 0 radical (unpaired) electrons. The summed E-state index contributed by atoms with van der Waals surface area (Å²) in [6.45, 7) is 5.97. The molecule has 4 aliphatic carbocycles. The lowest BCUT2D eigenvalue weighted by Crippen LogP contribution is -2.55. The molecule has 4 nitrogen and oxygen atoms in total. The molecule has 3 saturated carbocycles. The molecule has 4 rings (SSSR count). The summed E-state index contributed by atoms with van der Waals surface area (Å²) in [6.07, 6.45) is 9.28. The summed E-state index contributed by atoms with van der Waals surface area (Å²) in [5.41, 5.74) is 0.283. The number of ketones is 1. The molecule has 140 valence electrons. The molecule has 0 spiro atoms. The van der Waals surface area contributed by atoms with Crippen LogP contribution in [0, 0.1) is 39.9 Å². The van der Waals surface area contributed by atoms with Gasteiger partial charge in [-0.1, -0.05) is 19.4 Å². The van der Waals surface area contributed by atoms with Crippen LogP contribution in [0.1, 0.15) is 72.1 Å². The van der Waals surface area contributed by atoms with Gasteiger partial charge in [0.1, 0.15) is 6.07 Å². The van der Waals surface area contributed by atoms with Gasteiger partial charge in [-0.25, -0.2) is 0 Å². The molecular formula is C22H29NO3. The smallest absolute Gasteiger partial charge is 0.304 e. The van der Waals surface area contributed by atoms with Crippen molar-refractivity contribution >= 4 is 11.8 Å². The number of fused-ring (bicyclic) bond motifs is 5. The van der Waals surface area contributed by atoms with Crippen LogP contribution in [0.3, 0.4) is 0 Å². The molecule has 3 fully saturated rings. The molecule has 0 aromatic carbocycles. The van der Waals surface area contributed by atoms with Gasteiger partial charge in [0.2, 0.25) is 5.60 Å². The minimum absolute atomic E-state index is 0.136. The summed E-state index contributed by atoms with van der Waals surface area (Å²) < 4.78 is 5.69. The minimum atomic E-state index is -0.964. The highest BCUT2D eigenvalue weighted by atomic mass is 16.6. The Balaban J connectivity index is 1.69. The molecule has 0 aromatic rings. The Morgan fingerprint density at radius 1 is 1.15 bits per heavy atom. The predicted octanol–water partition coefficient (Wildman–Crippen LogP) is 4.34. The fraction of sp³-hybridized carbons (Fsp3) is 0.773. The summed E-state index contributed by atoms with van der Waals surface area (Å²) in [7, 11) is 0. The largest absolute Gasteiger partial charge is 0.443 e. The highest BCUT2D eigenvalue weighted by Gasteiger charge is 2.66. The van der Waals surface area contributed by atoms with E-state index in [0.29, 0.717) is 30.6 Å². The van der Waals surface area contributed by atoms with Gasteiger partial charge in [0.05, 0.1) is 0 Å². The van der Waals surface area contributed by atoms with Gasteiger partial charge >= 0.3 is 5.97 Å². The summed E-state index contributed by atoms with van der Waals surface area (Å²) in [5, 5.41) is 9.96. The lowest BCUT2D eigenvalue weighted by atomic mass is 9.46. The number of carbonyl (C=O) groups excluding carboxylic acids is 2. The number of hydrogen-bond acceptors (Lipinski definition) is 4. The Bertz CT molecular complexity index is 734. The van der Waals surface area contributed by atoms with Gasteiger partial charge in [-0.2, -0.15) is 5.26 Å². The molecule has 6 atom stereocenters. The van der Waals surface area contributed by atoms with E-state index < -0.39 is 5.60 Å². The van der Waals surface area contributed by atoms with Crippen molar-refractivity contribution in [2.24, 2.45) is 28.6 Å². The van der Waals surface area contributed by atoms with E-state index in [1.54, 1.807) is 0 Å². The molecule has 1 unspecified atom stereocenters. The molecule has 0 heterocycles. The van der Waals surface area contributed by atoms with E-state index in [1.165, 1.54) is 12.5 Å². The first-order valence-corrected chi connectivity index (χ1v) is 10.1. The number of hydrogen-bond donors (Lipinski definition) is 0. The Morgan fingerprint density at radius 2 is 1.88 bits per heavy atom. The highest BCUT2D eigenvalue weighted by Crippen LogP contribution is 2.68. The zero-order valence-corrected chi connectivity index (χ0v) is 16.1. The fourth-order valence-corrected chi connectivity index (χ4v) is 7.18. The van der Waals surface area contributed by atoms with Crippen LogP contribution in [0.15, 0.2) is 11.6 Å². The third-order valence-corrected chi connectivity index (χ3v) is 8.58. The van der Waals surface area contributed by atoms with Crippen LogP contribution < -0.4 is 0 Å². The summed E-state index contributed by atoms with van der Waals surface area (Å²) in [5.74, 6) is 1.52. The number of esters is 1. The number of carbonyl (C=O) groups is 2. The lowest BCUT2D eigenvalue weighted by Gasteiger charge is -2.58. The molecular weight excluding hydrogens is 326 g/mol. The first-order chi connectivity index (χ1) is 12.3. The van der Waals surface area contributed by atoms with E-state index in [4.69, 9.17) is 4.74 Å². The van der Waals surface area contributed by atoms with Crippen LogP contribution in [0.25, 0.3) is 0 Å². The average Bonchev–Trinajstić information content (AvgIpc) is 2.88. The molecule has 26 heavy (non-hydrogen) atoms. The van der Waals surface area contributed by atoms with Gasteiger partial charge in [0.15, 0.2) is 5.78 Å². The molecule has 0 aliphatic heterocycles. The van der Waals surface area contributed by atoms with Crippen molar-refractivity contribution in [3.05, 3.63) is 11.6 Å². The quantitative estimate of drug-likeness (QED) is 0.656. The van der Waals surface area contributed by atoms with E-state index in [9.17, 15) is 14.9 Å². The average molecular weight is 355 g/mol.